The van der Waals surface area contributed by atoms with Crippen LogP contribution in [0.2, 0.25) is 0 Å². The van der Waals surface area contributed by atoms with Gasteiger partial charge in [-0.15, -0.1) is 11.8 Å². The molecule has 2 aromatic rings. The number of nitrogens with one attached hydrogen (secondary N) is 1. The fourth-order valence-corrected chi connectivity index (χ4v) is 5.51. The largest absolute Gasteiger partial charge is 0.497 e. The van der Waals surface area contributed by atoms with Crippen LogP contribution in [0.3, 0.4) is 0 Å². The van der Waals surface area contributed by atoms with Crippen LogP contribution in [0.15, 0.2) is 22.7 Å². The van der Waals surface area contributed by atoms with Crippen molar-refractivity contribution >= 4 is 34.5 Å². The van der Waals surface area contributed by atoms with E-state index in [2.05, 4.69) is 20.3 Å². The molecule has 1 amide bonds. The lowest BCUT2D eigenvalue weighted by Gasteiger charge is -2.37. The summed E-state index contributed by atoms with van der Waals surface area (Å²) in [4.78, 5) is 19.4. The first kappa shape index (κ1) is 19.0. The third-order valence-corrected chi connectivity index (χ3v) is 7.22. The van der Waals surface area contributed by atoms with Crippen LogP contribution in [-0.2, 0) is 4.79 Å². The molecule has 1 aromatic heterocycles. The molecule has 29 heavy (non-hydrogen) atoms. The molecule has 3 aliphatic rings. The summed E-state index contributed by atoms with van der Waals surface area (Å²) in [6, 6.07) is 6.18. The zero-order valence-corrected chi connectivity index (χ0v) is 17.5. The second-order valence-corrected chi connectivity index (χ2v) is 8.96. The second kappa shape index (κ2) is 8.04. The first-order valence-corrected chi connectivity index (χ1v) is 11.4. The maximum Gasteiger partial charge on any atom is 0.240 e. The van der Waals surface area contributed by atoms with Crippen molar-refractivity contribution in [3.05, 3.63) is 18.2 Å². The van der Waals surface area contributed by atoms with Gasteiger partial charge in [0.15, 0.2) is 11.4 Å². The van der Waals surface area contributed by atoms with Crippen LogP contribution in [0, 0.1) is 0 Å². The van der Waals surface area contributed by atoms with Gasteiger partial charge in [-0.25, -0.2) is 0 Å². The van der Waals surface area contributed by atoms with Gasteiger partial charge in [-0.05, 0) is 24.6 Å². The lowest BCUT2D eigenvalue weighted by atomic mass is 10.1. The van der Waals surface area contributed by atoms with Gasteiger partial charge < -0.3 is 24.4 Å². The van der Waals surface area contributed by atoms with Gasteiger partial charge >= 0.3 is 0 Å². The lowest BCUT2D eigenvalue weighted by Crippen LogP contribution is -2.51. The van der Waals surface area contributed by atoms with Crippen molar-refractivity contribution in [1.82, 2.24) is 20.3 Å². The van der Waals surface area contributed by atoms with Crippen molar-refractivity contribution in [3.8, 4) is 5.75 Å². The third-order valence-electron chi connectivity index (χ3n) is 6.26. The standard InChI is InChI=1S/C20H27N5O3S/c1-27-15-2-3-18-16(11-15)19(22-28-18)24-6-4-23(5-7-24)14-10-17(21-12-14)20(26)25-8-9-29-13-25/h2-3,11,14,17,21H,4-10,12-13H2,1H3/t14-,17-/m0/s1. The van der Waals surface area contributed by atoms with Crippen molar-refractivity contribution < 1.29 is 14.1 Å². The molecule has 0 spiro atoms. The van der Waals surface area contributed by atoms with Crippen LogP contribution < -0.4 is 15.0 Å². The smallest absolute Gasteiger partial charge is 0.240 e. The Labute approximate surface area is 174 Å². The number of benzene rings is 1. The van der Waals surface area contributed by atoms with E-state index in [1.54, 1.807) is 7.11 Å². The first-order valence-electron chi connectivity index (χ1n) is 10.3. The highest BCUT2D eigenvalue weighted by Crippen LogP contribution is 2.30. The molecule has 8 nitrogen and oxygen atoms in total. The third kappa shape index (κ3) is 3.67. The van der Waals surface area contributed by atoms with E-state index in [1.807, 2.05) is 34.9 Å². The maximum absolute atomic E-state index is 12.7. The fraction of sp³-hybridized carbons (Fsp3) is 0.600. The van der Waals surface area contributed by atoms with Crippen LogP contribution in [-0.4, -0.2) is 91.0 Å². The molecule has 9 heteroatoms. The monoisotopic (exact) mass is 417 g/mol. The Kier molecular flexibility index (Phi) is 5.28. The van der Waals surface area contributed by atoms with Crippen LogP contribution >= 0.6 is 11.8 Å². The number of carbonyl (C=O) groups excluding carboxylic acids is 1. The molecule has 3 aliphatic heterocycles. The number of ether oxygens (including phenoxy) is 1. The maximum atomic E-state index is 12.7. The molecule has 3 fully saturated rings. The number of nitrogens with zero attached hydrogens (tertiary/aromatic N) is 4. The molecule has 3 saturated heterocycles. The van der Waals surface area contributed by atoms with Gasteiger partial charge in [0.25, 0.3) is 0 Å². The number of aromatic nitrogens is 1. The van der Waals surface area contributed by atoms with E-state index < -0.39 is 0 Å². The number of thioether (sulfide) groups is 1. The minimum absolute atomic E-state index is 0.0244. The molecule has 2 atom stereocenters. The van der Waals surface area contributed by atoms with E-state index in [1.165, 1.54) is 0 Å². The van der Waals surface area contributed by atoms with Gasteiger partial charge in [-0.3, -0.25) is 9.69 Å². The summed E-state index contributed by atoms with van der Waals surface area (Å²) in [6.07, 6.45) is 0.907. The molecular formula is C20H27N5O3S. The summed E-state index contributed by atoms with van der Waals surface area (Å²) in [7, 11) is 1.67. The molecule has 0 radical (unpaired) electrons. The Balaban J connectivity index is 1.19. The summed E-state index contributed by atoms with van der Waals surface area (Å²) >= 11 is 1.84. The summed E-state index contributed by atoms with van der Waals surface area (Å²) in [5, 5.41) is 8.76. The minimum atomic E-state index is -0.0244. The van der Waals surface area contributed by atoms with Crippen molar-refractivity contribution in [2.75, 3.05) is 62.9 Å². The van der Waals surface area contributed by atoms with Gasteiger partial charge in [0.1, 0.15) is 5.75 Å². The number of rotatable bonds is 4. The van der Waals surface area contributed by atoms with E-state index >= 15 is 0 Å². The summed E-state index contributed by atoms with van der Waals surface area (Å²) < 4.78 is 10.9. The number of hydrogen-bond acceptors (Lipinski definition) is 8. The SMILES string of the molecule is COc1ccc2onc(N3CCN([C@@H]4CN[C@H](C(=O)N5CCSC5)C4)CC3)c2c1. The Morgan fingerprint density at radius 1 is 1.28 bits per heavy atom. The van der Waals surface area contributed by atoms with E-state index in [4.69, 9.17) is 9.26 Å². The van der Waals surface area contributed by atoms with Crippen molar-refractivity contribution in [2.24, 2.45) is 0 Å². The summed E-state index contributed by atoms with van der Waals surface area (Å²) in [5.74, 6) is 3.88. The predicted molar refractivity (Wildman–Crippen MR) is 114 cm³/mol. The molecule has 4 heterocycles. The molecule has 5 rings (SSSR count). The number of anilines is 1. The molecule has 0 unspecified atom stereocenters. The average molecular weight is 418 g/mol. The Morgan fingerprint density at radius 3 is 2.90 bits per heavy atom. The molecular weight excluding hydrogens is 390 g/mol. The number of methoxy groups -OCH3 is 1. The van der Waals surface area contributed by atoms with E-state index in [9.17, 15) is 4.79 Å². The molecule has 0 bridgehead atoms. The fourth-order valence-electron chi connectivity index (χ4n) is 4.55. The number of carbonyl (C=O) groups is 1. The minimum Gasteiger partial charge on any atom is -0.497 e. The highest BCUT2D eigenvalue weighted by Gasteiger charge is 2.37. The van der Waals surface area contributed by atoms with Gasteiger partial charge in [0.2, 0.25) is 5.91 Å². The van der Waals surface area contributed by atoms with Crippen LogP contribution in [0.4, 0.5) is 5.82 Å². The van der Waals surface area contributed by atoms with E-state index in [0.717, 1.165) is 79.9 Å². The molecule has 1 N–H and O–H groups in total. The molecule has 0 aliphatic carbocycles. The quantitative estimate of drug-likeness (QED) is 0.796. The Bertz CT molecular complexity index is 876. The number of fused-ring (bicyclic) bond motifs is 1. The zero-order valence-electron chi connectivity index (χ0n) is 16.7. The average Bonchev–Trinajstić information content (AvgIpc) is 3.53. The van der Waals surface area contributed by atoms with Crippen LogP contribution in [0.5, 0.6) is 5.75 Å². The Hall–Kier alpha value is -1.97. The van der Waals surface area contributed by atoms with Crippen LogP contribution in [0.1, 0.15) is 6.42 Å². The van der Waals surface area contributed by atoms with Gasteiger partial charge in [-0.2, -0.15) is 0 Å². The second-order valence-electron chi connectivity index (χ2n) is 7.88. The highest BCUT2D eigenvalue weighted by molar-refractivity contribution is 7.99. The number of hydrogen-bond donors (Lipinski definition) is 1. The summed E-state index contributed by atoms with van der Waals surface area (Å²) in [6.45, 7) is 5.51. The topological polar surface area (TPSA) is 74.1 Å². The normalized spacial score (nSPS) is 25.8. The highest BCUT2D eigenvalue weighted by atomic mass is 32.2. The lowest BCUT2D eigenvalue weighted by molar-refractivity contribution is -0.131. The van der Waals surface area contributed by atoms with E-state index in [0.29, 0.717) is 6.04 Å². The predicted octanol–water partition coefficient (Wildman–Crippen LogP) is 1.22. The molecule has 156 valence electrons. The van der Waals surface area contributed by atoms with Gasteiger partial charge in [-0.1, -0.05) is 5.16 Å². The summed E-state index contributed by atoms with van der Waals surface area (Å²) in [5.41, 5.74) is 0.782. The van der Waals surface area contributed by atoms with Crippen LogP contribution in [0.25, 0.3) is 11.0 Å². The van der Waals surface area contributed by atoms with Gasteiger partial charge in [0.05, 0.1) is 24.4 Å². The van der Waals surface area contributed by atoms with Gasteiger partial charge in [0, 0.05) is 51.1 Å². The Morgan fingerprint density at radius 2 is 2.14 bits per heavy atom. The zero-order chi connectivity index (χ0) is 19.8. The van der Waals surface area contributed by atoms with Crippen molar-refractivity contribution in [2.45, 2.75) is 18.5 Å². The molecule has 0 saturated carbocycles. The number of amides is 1. The van der Waals surface area contributed by atoms with Crippen molar-refractivity contribution in [3.63, 3.8) is 0 Å². The number of piperazine rings is 1. The van der Waals surface area contributed by atoms with E-state index in [-0.39, 0.29) is 11.9 Å². The molecule has 1 aromatic carbocycles. The first-order chi connectivity index (χ1) is 14.2. The van der Waals surface area contributed by atoms with Crippen molar-refractivity contribution in [1.29, 1.82) is 0 Å².